The molecule has 0 radical (unpaired) electrons. The maximum atomic E-state index is 11.5. The number of likely N-dealkylation sites (N-methyl/N-ethyl adjacent to an activating group) is 1. The van der Waals surface area contributed by atoms with Gasteiger partial charge in [0.05, 0.1) is 0 Å². The Morgan fingerprint density at radius 1 is 1.53 bits per heavy atom. The molecule has 0 aromatic carbocycles. The molecule has 1 heterocycles. The minimum absolute atomic E-state index is 0.0730. The van der Waals surface area contributed by atoms with Crippen molar-refractivity contribution in [3.05, 3.63) is 0 Å². The van der Waals surface area contributed by atoms with Crippen molar-refractivity contribution in [2.24, 2.45) is 0 Å². The van der Waals surface area contributed by atoms with Gasteiger partial charge in [0.2, 0.25) is 0 Å². The van der Waals surface area contributed by atoms with Gasteiger partial charge >= 0.3 is 0 Å². The molecule has 6 nitrogen and oxygen atoms in total. The molecule has 0 aliphatic heterocycles. The summed E-state index contributed by atoms with van der Waals surface area (Å²) in [5.41, 5.74) is 5.55. The zero-order valence-corrected chi connectivity index (χ0v) is 11.9. The van der Waals surface area contributed by atoms with E-state index in [9.17, 15) is 8.42 Å². The van der Waals surface area contributed by atoms with Crippen molar-refractivity contribution in [2.45, 2.75) is 11.8 Å². The number of rotatable bonds is 6. The number of aromatic nitrogens is 1. The molecule has 1 rings (SSSR count). The molecule has 0 aliphatic carbocycles. The topological polar surface area (TPSA) is 88.3 Å². The van der Waals surface area contributed by atoms with Crippen LogP contribution in [0.4, 0.5) is 10.8 Å². The van der Waals surface area contributed by atoms with Gasteiger partial charge in [-0.25, -0.2) is 8.42 Å². The van der Waals surface area contributed by atoms with Gasteiger partial charge in [-0.05, 0) is 25.1 Å². The van der Waals surface area contributed by atoms with Crippen LogP contribution in [0.15, 0.2) is 4.90 Å². The Hall–Kier alpha value is -0.860. The lowest BCUT2D eigenvalue weighted by Gasteiger charge is -2.14. The Balaban J connectivity index is 2.73. The fraction of sp³-hybridized carbons (Fsp3) is 0.667. The van der Waals surface area contributed by atoms with Crippen LogP contribution in [-0.4, -0.2) is 50.6 Å². The van der Waals surface area contributed by atoms with Crippen LogP contribution < -0.4 is 11.1 Å². The molecule has 98 valence electrons. The maximum absolute atomic E-state index is 11.5. The molecule has 0 bridgehead atoms. The van der Waals surface area contributed by atoms with Gasteiger partial charge in [-0.2, -0.15) is 4.37 Å². The Bertz CT molecular complexity index is 469. The molecule has 0 unspecified atom stereocenters. The Kier molecular flexibility index (Phi) is 4.72. The highest BCUT2D eigenvalue weighted by molar-refractivity contribution is 7.91. The van der Waals surface area contributed by atoms with Crippen LogP contribution in [0.1, 0.15) is 6.92 Å². The minimum atomic E-state index is -3.33. The van der Waals surface area contributed by atoms with E-state index in [1.807, 2.05) is 7.05 Å². The summed E-state index contributed by atoms with van der Waals surface area (Å²) in [7, 11) is -1.33. The van der Waals surface area contributed by atoms with Gasteiger partial charge < -0.3 is 16.0 Å². The molecule has 0 fully saturated rings. The number of nitrogens with one attached hydrogen (secondary N) is 1. The smallest absolute Gasteiger partial charge is 0.182 e. The van der Waals surface area contributed by atoms with Crippen molar-refractivity contribution in [1.29, 1.82) is 0 Å². The summed E-state index contributed by atoms with van der Waals surface area (Å²) in [5.74, 6) is 0.0730. The first kappa shape index (κ1) is 14.2. The van der Waals surface area contributed by atoms with Crippen molar-refractivity contribution in [2.75, 3.05) is 44.0 Å². The second-order valence-corrected chi connectivity index (χ2v) is 6.55. The minimum Gasteiger partial charge on any atom is -0.382 e. The number of hydrogen-bond acceptors (Lipinski definition) is 7. The molecule has 0 saturated heterocycles. The molecule has 0 aliphatic rings. The molecule has 0 saturated carbocycles. The van der Waals surface area contributed by atoms with Crippen LogP contribution in [0.2, 0.25) is 0 Å². The van der Waals surface area contributed by atoms with Crippen molar-refractivity contribution < 1.29 is 8.42 Å². The van der Waals surface area contributed by atoms with Gasteiger partial charge in [-0.3, -0.25) is 0 Å². The average Bonchev–Trinajstić information content (AvgIpc) is 2.59. The summed E-state index contributed by atoms with van der Waals surface area (Å²) < 4.78 is 26.9. The van der Waals surface area contributed by atoms with Crippen molar-refractivity contribution >= 4 is 32.2 Å². The van der Waals surface area contributed by atoms with E-state index in [0.717, 1.165) is 30.9 Å². The molecule has 17 heavy (non-hydrogen) atoms. The third-order valence-electron chi connectivity index (χ3n) is 2.36. The van der Waals surface area contributed by atoms with Crippen LogP contribution in [0.5, 0.6) is 0 Å². The van der Waals surface area contributed by atoms with E-state index in [4.69, 9.17) is 5.73 Å². The zero-order chi connectivity index (χ0) is 13.1. The summed E-state index contributed by atoms with van der Waals surface area (Å²) >= 11 is 1.08. The second kappa shape index (κ2) is 5.65. The first-order valence-corrected chi connectivity index (χ1v) is 7.90. The van der Waals surface area contributed by atoms with E-state index < -0.39 is 9.84 Å². The fourth-order valence-electron chi connectivity index (χ4n) is 1.28. The molecule has 1 aromatic heterocycles. The van der Waals surface area contributed by atoms with Gasteiger partial charge in [-0.15, -0.1) is 0 Å². The number of nitrogens with zero attached hydrogens (tertiary/aromatic N) is 2. The van der Waals surface area contributed by atoms with Gasteiger partial charge in [0.1, 0.15) is 9.90 Å². The number of hydrogen-bond donors (Lipinski definition) is 2. The quantitative estimate of drug-likeness (QED) is 0.787. The first-order valence-electron chi connectivity index (χ1n) is 5.24. The summed E-state index contributed by atoms with van der Waals surface area (Å²) in [5, 5.41) is 3.58. The lowest BCUT2D eigenvalue weighted by molar-refractivity contribution is 0.367. The Morgan fingerprint density at radius 3 is 2.71 bits per heavy atom. The third-order valence-corrected chi connectivity index (χ3v) is 4.47. The van der Waals surface area contributed by atoms with Crippen molar-refractivity contribution in [3.8, 4) is 0 Å². The average molecular weight is 278 g/mol. The van der Waals surface area contributed by atoms with Crippen LogP contribution in [0.25, 0.3) is 0 Å². The number of nitrogens with two attached hydrogens (primary N) is 1. The molecule has 0 spiro atoms. The Morgan fingerprint density at radius 2 is 2.18 bits per heavy atom. The van der Waals surface area contributed by atoms with Gasteiger partial charge in [0, 0.05) is 19.3 Å². The van der Waals surface area contributed by atoms with E-state index >= 15 is 0 Å². The largest absolute Gasteiger partial charge is 0.382 e. The van der Waals surface area contributed by atoms with Crippen LogP contribution in [0.3, 0.4) is 0 Å². The molecule has 1 aromatic rings. The molecular formula is C9H18N4O2S2. The predicted molar refractivity (Wildman–Crippen MR) is 71.3 cm³/mol. The maximum Gasteiger partial charge on any atom is 0.182 e. The van der Waals surface area contributed by atoms with Crippen molar-refractivity contribution in [1.82, 2.24) is 9.27 Å². The standard InChI is InChI=1S/C9H18N4O2S2/c1-4-13(2)6-5-11-9-7(17(3,14)15)8(10)12-16-9/h11H,4-6H2,1-3H3,(H2,10,12). The van der Waals surface area contributed by atoms with E-state index in [1.54, 1.807) is 0 Å². The highest BCUT2D eigenvalue weighted by Crippen LogP contribution is 2.30. The van der Waals surface area contributed by atoms with Crippen LogP contribution >= 0.6 is 11.5 Å². The normalized spacial score (nSPS) is 12.0. The Labute approximate surface area is 106 Å². The number of anilines is 2. The molecule has 0 atom stereocenters. The second-order valence-electron chi connectivity index (χ2n) is 3.82. The van der Waals surface area contributed by atoms with E-state index in [2.05, 4.69) is 21.5 Å². The van der Waals surface area contributed by atoms with Crippen LogP contribution in [-0.2, 0) is 9.84 Å². The SMILES string of the molecule is CCN(C)CCNc1snc(N)c1S(C)(=O)=O. The fourth-order valence-corrected chi connectivity index (χ4v) is 3.38. The van der Waals surface area contributed by atoms with E-state index in [1.165, 1.54) is 0 Å². The van der Waals surface area contributed by atoms with Gasteiger partial charge in [0.25, 0.3) is 0 Å². The summed E-state index contributed by atoms with van der Waals surface area (Å²) in [6.45, 7) is 4.50. The molecule has 8 heteroatoms. The van der Waals surface area contributed by atoms with Gasteiger partial charge in [0.15, 0.2) is 15.7 Å². The summed E-state index contributed by atoms with van der Waals surface area (Å²) in [6.07, 6.45) is 1.14. The predicted octanol–water partition coefficient (Wildman–Crippen LogP) is 0.492. The summed E-state index contributed by atoms with van der Waals surface area (Å²) in [4.78, 5) is 2.24. The monoisotopic (exact) mass is 278 g/mol. The lowest BCUT2D eigenvalue weighted by Crippen LogP contribution is -2.24. The van der Waals surface area contributed by atoms with Crippen molar-refractivity contribution in [3.63, 3.8) is 0 Å². The zero-order valence-electron chi connectivity index (χ0n) is 10.2. The van der Waals surface area contributed by atoms with Gasteiger partial charge in [-0.1, -0.05) is 6.92 Å². The first-order chi connectivity index (χ1) is 7.86. The highest BCUT2D eigenvalue weighted by Gasteiger charge is 2.20. The number of sulfone groups is 1. The molecule has 0 amide bonds. The lowest BCUT2D eigenvalue weighted by atomic mass is 10.5. The van der Waals surface area contributed by atoms with E-state index in [0.29, 0.717) is 11.5 Å². The van der Waals surface area contributed by atoms with E-state index in [-0.39, 0.29) is 10.7 Å². The number of nitrogen functional groups attached to an aromatic ring is 1. The molecular weight excluding hydrogens is 260 g/mol. The highest BCUT2D eigenvalue weighted by atomic mass is 32.2. The molecule has 3 N–H and O–H groups in total. The third kappa shape index (κ3) is 3.83. The van der Waals surface area contributed by atoms with Crippen LogP contribution in [0, 0.1) is 0 Å². The summed E-state index contributed by atoms with van der Waals surface area (Å²) in [6, 6.07) is 0.